The van der Waals surface area contributed by atoms with Gasteiger partial charge in [0.15, 0.2) is 6.19 Å². The first-order valence-electron chi connectivity index (χ1n) is 11.3. The van der Waals surface area contributed by atoms with E-state index >= 15 is 0 Å². The van der Waals surface area contributed by atoms with Crippen molar-refractivity contribution in [1.82, 2.24) is 4.90 Å². The molecule has 3 aliphatic rings. The molecular weight excluding hydrogens is 304 g/mol. The normalized spacial score (nSPS) is 36.1. The maximum atomic E-state index is 9.20. The molecule has 0 aromatic heterocycles. The number of hydrogen-bond donors (Lipinski definition) is 0. The summed E-state index contributed by atoms with van der Waals surface area (Å²) >= 11 is 0. The third kappa shape index (κ3) is 5.38. The molecule has 1 unspecified atom stereocenters. The first-order chi connectivity index (χ1) is 12.2. The average Bonchev–Trinajstić information content (AvgIpc) is 2.94. The summed E-state index contributed by atoms with van der Waals surface area (Å²) in [6.45, 7) is 4.47. The molecule has 0 radical (unpaired) electrons. The van der Waals surface area contributed by atoms with Gasteiger partial charge in [0, 0.05) is 13.1 Å². The first-order valence-corrected chi connectivity index (χ1v) is 11.3. The van der Waals surface area contributed by atoms with Crippen LogP contribution in [0.25, 0.3) is 0 Å². The van der Waals surface area contributed by atoms with Crippen LogP contribution in [0.2, 0.25) is 0 Å². The molecule has 3 rings (SSSR count). The third-order valence-electron chi connectivity index (χ3n) is 7.85. The van der Waals surface area contributed by atoms with Crippen molar-refractivity contribution in [2.45, 2.75) is 103 Å². The summed E-state index contributed by atoms with van der Waals surface area (Å²) in [5, 5.41) is 9.20. The van der Waals surface area contributed by atoms with Crippen molar-refractivity contribution in [2.24, 2.45) is 23.2 Å². The van der Waals surface area contributed by atoms with Gasteiger partial charge in [-0.3, -0.25) is 0 Å². The Morgan fingerprint density at radius 1 is 0.840 bits per heavy atom. The van der Waals surface area contributed by atoms with Crippen LogP contribution >= 0.6 is 0 Å². The molecule has 2 aliphatic carbocycles. The van der Waals surface area contributed by atoms with E-state index in [9.17, 15) is 5.26 Å². The smallest absolute Gasteiger partial charge is 0.179 e. The lowest BCUT2D eigenvalue weighted by Crippen LogP contribution is -2.31. The van der Waals surface area contributed by atoms with Crippen LogP contribution in [-0.2, 0) is 0 Å². The van der Waals surface area contributed by atoms with Gasteiger partial charge in [-0.05, 0) is 48.9 Å². The summed E-state index contributed by atoms with van der Waals surface area (Å²) in [7, 11) is 0. The van der Waals surface area contributed by atoms with Crippen molar-refractivity contribution in [3.8, 4) is 6.19 Å². The van der Waals surface area contributed by atoms with E-state index in [0.717, 1.165) is 30.8 Å². The van der Waals surface area contributed by atoms with E-state index in [0.29, 0.717) is 5.41 Å². The molecule has 3 fully saturated rings. The maximum Gasteiger partial charge on any atom is 0.179 e. The second kappa shape index (κ2) is 9.29. The van der Waals surface area contributed by atoms with Crippen molar-refractivity contribution in [3.63, 3.8) is 0 Å². The highest BCUT2D eigenvalue weighted by molar-refractivity contribution is 4.96. The van der Waals surface area contributed by atoms with Gasteiger partial charge in [-0.1, -0.05) is 77.6 Å². The van der Waals surface area contributed by atoms with Crippen molar-refractivity contribution in [2.75, 3.05) is 13.1 Å². The topological polar surface area (TPSA) is 27.0 Å². The molecule has 0 spiro atoms. The zero-order valence-electron chi connectivity index (χ0n) is 16.6. The summed E-state index contributed by atoms with van der Waals surface area (Å²) in [5.41, 5.74) is 0.405. The van der Waals surface area contributed by atoms with E-state index in [1.807, 2.05) is 4.90 Å². The molecule has 0 amide bonds. The quantitative estimate of drug-likeness (QED) is 0.545. The molecule has 0 bridgehead atoms. The highest BCUT2D eigenvalue weighted by atomic mass is 15.1. The van der Waals surface area contributed by atoms with Gasteiger partial charge in [-0.25, -0.2) is 0 Å². The van der Waals surface area contributed by atoms with E-state index in [1.165, 1.54) is 96.3 Å². The van der Waals surface area contributed by atoms with E-state index in [4.69, 9.17) is 0 Å². The Hall–Kier alpha value is -0.710. The summed E-state index contributed by atoms with van der Waals surface area (Å²) in [5.74, 6) is 2.91. The van der Waals surface area contributed by atoms with Crippen molar-refractivity contribution in [3.05, 3.63) is 0 Å². The van der Waals surface area contributed by atoms with Crippen molar-refractivity contribution >= 4 is 0 Å². The van der Waals surface area contributed by atoms with E-state index < -0.39 is 0 Å². The van der Waals surface area contributed by atoms with Gasteiger partial charge in [0.2, 0.25) is 0 Å². The minimum absolute atomic E-state index is 0.405. The van der Waals surface area contributed by atoms with Gasteiger partial charge < -0.3 is 4.90 Å². The lowest BCUT2D eigenvalue weighted by molar-refractivity contribution is 0.146. The van der Waals surface area contributed by atoms with Crippen molar-refractivity contribution in [1.29, 1.82) is 5.26 Å². The standard InChI is InChI=1S/C23H40N2/c1-23(15-16-25(18-23)19-24)22-13-7-11-21(12-8-14-22)17-20-9-5-3-2-4-6-10-20/h20-22H,2-18H2,1H3. The van der Waals surface area contributed by atoms with Crippen LogP contribution in [-0.4, -0.2) is 18.0 Å². The minimum Gasteiger partial charge on any atom is -0.310 e. The Balaban J connectivity index is 1.45. The molecule has 1 atom stereocenters. The molecule has 2 heteroatoms. The highest BCUT2D eigenvalue weighted by Gasteiger charge is 2.40. The van der Waals surface area contributed by atoms with Crippen molar-refractivity contribution < 1.29 is 0 Å². The van der Waals surface area contributed by atoms with Gasteiger partial charge in [-0.15, -0.1) is 0 Å². The second-order valence-corrected chi connectivity index (χ2v) is 9.80. The number of nitriles is 1. The van der Waals surface area contributed by atoms with Crippen LogP contribution < -0.4 is 0 Å². The molecule has 1 aliphatic heterocycles. The zero-order valence-corrected chi connectivity index (χ0v) is 16.6. The second-order valence-electron chi connectivity index (χ2n) is 9.80. The predicted molar refractivity (Wildman–Crippen MR) is 105 cm³/mol. The fourth-order valence-electron chi connectivity index (χ4n) is 6.18. The van der Waals surface area contributed by atoms with Crippen LogP contribution in [0.1, 0.15) is 103 Å². The van der Waals surface area contributed by atoms with Gasteiger partial charge in [0.25, 0.3) is 0 Å². The Morgan fingerprint density at radius 2 is 1.40 bits per heavy atom. The molecule has 1 heterocycles. The van der Waals surface area contributed by atoms with E-state index in [-0.39, 0.29) is 0 Å². The number of nitrogens with zero attached hydrogens (tertiary/aromatic N) is 2. The molecule has 25 heavy (non-hydrogen) atoms. The number of hydrogen-bond acceptors (Lipinski definition) is 2. The molecule has 2 saturated carbocycles. The van der Waals surface area contributed by atoms with Gasteiger partial charge >= 0.3 is 0 Å². The van der Waals surface area contributed by atoms with Crippen LogP contribution in [0.5, 0.6) is 0 Å². The minimum atomic E-state index is 0.405. The largest absolute Gasteiger partial charge is 0.310 e. The van der Waals surface area contributed by atoms with Crippen LogP contribution in [0, 0.1) is 34.6 Å². The first kappa shape index (κ1) is 19.1. The Kier molecular flexibility index (Phi) is 7.08. The van der Waals surface area contributed by atoms with Gasteiger partial charge in [0.05, 0.1) is 0 Å². The summed E-state index contributed by atoms with van der Waals surface area (Å²) in [4.78, 5) is 2.00. The van der Waals surface area contributed by atoms with E-state index in [1.54, 1.807) is 0 Å². The maximum absolute atomic E-state index is 9.20. The van der Waals surface area contributed by atoms with Gasteiger partial charge in [-0.2, -0.15) is 5.26 Å². The molecule has 142 valence electrons. The highest BCUT2D eigenvalue weighted by Crippen LogP contribution is 2.44. The lowest BCUT2D eigenvalue weighted by atomic mass is 9.69. The molecule has 1 saturated heterocycles. The van der Waals surface area contributed by atoms with Gasteiger partial charge in [0.1, 0.15) is 0 Å². The molecular formula is C23H40N2. The van der Waals surface area contributed by atoms with Crippen LogP contribution in [0.4, 0.5) is 0 Å². The Bertz CT molecular complexity index is 422. The molecule has 0 N–H and O–H groups in total. The zero-order chi connectivity index (χ0) is 17.5. The summed E-state index contributed by atoms with van der Waals surface area (Å²) in [6.07, 6.45) is 24.3. The summed E-state index contributed by atoms with van der Waals surface area (Å²) < 4.78 is 0. The molecule has 0 aromatic carbocycles. The fourth-order valence-corrected chi connectivity index (χ4v) is 6.18. The average molecular weight is 345 g/mol. The third-order valence-corrected chi connectivity index (χ3v) is 7.85. The SMILES string of the molecule is CC1(C2CCCC(CC3CCCCCCC3)CCC2)CCN(C#N)C1. The Labute approximate surface area is 156 Å². The molecule has 0 aromatic rings. The molecule has 2 nitrogen and oxygen atoms in total. The fraction of sp³-hybridized carbons (Fsp3) is 0.957. The predicted octanol–water partition coefficient (Wildman–Crippen LogP) is 6.52. The Morgan fingerprint density at radius 3 is 1.96 bits per heavy atom. The van der Waals surface area contributed by atoms with Crippen LogP contribution in [0.3, 0.4) is 0 Å². The lowest BCUT2D eigenvalue weighted by Gasteiger charge is -2.36. The number of rotatable bonds is 3. The van der Waals surface area contributed by atoms with E-state index in [2.05, 4.69) is 13.1 Å². The van der Waals surface area contributed by atoms with Crippen LogP contribution in [0.15, 0.2) is 0 Å². The summed E-state index contributed by atoms with van der Waals surface area (Å²) in [6, 6.07) is 0. The monoisotopic (exact) mass is 344 g/mol. The number of likely N-dealkylation sites (tertiary alicyclic amines) is 1.